The molecule has 1 fully saturated rings. The quantitative estimate of drug-likeness (QED) is 0.611. The number of hydrogen-bond acceptors (Lipinski definition) is 5. The summed E-state index contributed by atoms with van der Waals surface area (Å²) in [7, 11) is 0. The van der Waals surface area contributed by atoms with Crippen molar-refractivity contribution < 1.29 is 14.6 Å². The van der Waals surface area contributed by atoms with Crippen molar-refractivity contribution in [2.24, 2.45) is 11.8 Å². The Bertz CT molecular complexity index is 850. The summed E-state index contributed by atoms with van der Waals surface area (Å²) in [4.78, 5) is 1.14. The maximum atomic E-state index is 9.92. The van der Waals surface area contributed by atoms with E-state index in [2.05, 4.69) is 48.5 Å². The van der Waals surface area contributed by atoms with Gasteiger partial charge in [0.05, 0.1) is 18.9 Å². The average molecular weight is 428 g/mol. The fraction of sp³-hybridized carbons (Fsp3) is 0.520. The van der Waals surface area contributed by atoms with Gasteiger partial charge in [0.25, 0.3) is 0 Å². The second-order valence-corrected chi connectivity index (χ2v) is 9.67. The molecule has 0 amide bonds. The van der Waals surface area contributed by atoms with Gasteiger partial charge in [-0.1, -0.05) is 26.0 Å². The zero-order chi connectivity index (χ0) is 20.9. The molecule has 2 aromatic carbocycles. The first-order valence-corrected chi connectivity index (χ1v) is 11.9. The number of fused-ring (bicyclic) bond motifs is 1. The number of aryl methyl sites for hydroxylation is 1. The van der Waals surface area contributed by atoms with Crippen molar-refractivity contribution in [2.45, 2.75) is 51.0 Å². The zero-order valence-corrected chi connectivity index (χ0v) is 18.9. The molecule has 2 aromatic rings. The molecule has 0 radical (unpaired) electrons. The lowest BCUT2D eigenvalue weighted by atomic mass is 9.93. The summed E-state index contributed by atoms with van der Waals surface area (Å²) in [6, 6.07) is 13.1. The van der Waals surface area contributed by atoms with Gasteiger partial charge in [-0.05, 0) is 84.9 Å². The second-order valence-electron chi connectivity index (χ2n) is 8.57. The van der Waals surface area contributed by atoms with E-state index in [9.17, 15) is 5.11 Å². The van der Waals surface area contributed by atoms with Gasteiger partial charge in [0.1, 0.15) is 5.75 Å². The van der Waals surface area contributed by atoms with Crippen molar-refractivity contribution in [3.8, 4) is 5.75 Å². The van der Waals surface area contributed by atoms with Crippen LogP contribution in [0.15, 0.2) is 41.3 Å². The van der Waals surface area contributed by atoms with Gasteiger partial charge in [0.2, 0.25) is 0 Å². The summed E-state index contributed by atoms with van der Waals surface area (Å²) < 4.78 is 13.9. The topological polar surface area (TPSA) is 41.9 Å². The molecule has 2 aliphatic rings. The van der Waals surface area contributed by atoms with Gasteiger partial charge < -0.3 is 18.9 Å². The highest BCUT2D eigenvalue weighted by molar-refractivity contribution is 8.00. The lowest BCUT2D eigenvalue weighted by Crippen LogP contribution is -2.28. The number of aliphatic hydroxyl groups excluding tert-OH is 1. The van der Waals surface area contributed by atoms with Crippen LogP contribution in [0.3, 0.4) is 0 Å². The number of rotatable bonds is 7. The van der Waals surface area contributed by atoms with Crippen LogP contribution in [-0.4, -0.2) is 31.5 Å². The standard InChI is InChI=1S/C25H33NO3S/c1-3-19-4-6-24-21(13-19)12-18(2)15-26(24)30-23-5-7-25(22(14-23)16-27)29-17-20-8-10-28-11-9-20/h4-7,13-14,18,20,27H,3,8-12,15-17H2,1-2H3. The van der Waals surface area contributed by atoms with Gasteiger partial charge in [-0.15, -0.1) is 0 Å². The molecule has 5 heteroatoms. The molecule has 1 N–H and O–H groups in total. The highest BCUT2D eigenvalue weighted by Gasteiger charge is 2.23. The Morgan fingerprint density at radius 3 is 2.77 bits per heavy atom. The minimum atomic E-state index is -0.00956. The minimum Gasteiger partial charge on any atom is -0.493 e. The van der Waals surface area contributed by atoms with Crippen molar-refractivity contribution in [1.29, 1.82) is 0 Å². The van der Waals surface area contributed by atoms with Crippen LogP contribution >= 0.6 is 11.9 Å². The van der Waals surface area contributed by atoms with E-state index in [0.29, 0.717) is 18.4 Å². The molecule has 1 atom stereocenters. The van der Waals surface area contributed by atoms with E-state index in [1.165, 1.54) is 16.8 Å². The molecule has 0 bridgehead atoms. The Morgan fingerprint density at radius 2 is 2.00 bits per heavy atom. The maximum Gasteiger partial charge on any atom is 0.124 e. The third-order valence-electron chi connectivity index (χ3n) is 6.10. The molecule has 0 aromatic heterocycles. The molecule has 0 aliphatic carbocycles. The first-order chi connectivity index (χ1) is 14.7. The molecular weight excluding hydrogens is 394 g/mol. The third kappa shape index (κ3) is 5.13. The normalized spacial score (nSPS) is 19.6. The van der Waals surface area contributed by atoms with Crippen LogP contribution in [0.4, 0.5) is 5.69 Å². The molecule has 0 saturated carbocycles. The van der Waals surface area contributed by atoms with Crippen LogP contribution in [0.5, 0.6) is 5.75 Å². The van der Waals surface area contributed by atoms with Gasteiger partial charge in [0.15, 0.2) is 0 Å². The van der Waals surface area contributed by atoms with Crippen molar-refractivity contribution in [2.75, 3.05) is 30.7 Å². The molecule has 162 valence electrons. The van der Waals surface area contributed by atoms with E-state index in [0.717, 1.165) is 61.7 Å². The molecule has 1 unspecified atom stereocenters. The maximum absolute atomic E-state index is 9.92. The monoisotopic (exact) mass is 427 g/mol. The molecule has 2 heterocycles. The van der Waals surface area contributed by atoms with Crippen LogP contribution in [0, 0.1) is 11.8 Å². The fourth-order valence-electron chi connectivity index (χ4n) is 4.30. The van der Waals surface area contributed by atoms with Crippen molar-refractivity contribution in [3.05, 3.63) is 53.1 Å². The van der Waals surface area contributed by atoms with E-state index in [4.69, 9.17) is 9.47 Å². The minimum absolute atomic E-state index is 0.00956. The lowest BCUT2D eigenvalue weighted by Gasteiger charge is -2.34. The molecule has 2 aliphatic heterocycles. The summed E-state index contributed by atoms with van der Waals surface area (Å²) in [5.74, 6) is 1.96. The molecule has 30 heavy (non-hydrogen) atoms. The van der Waals surface area contributed by atoms with Gasteiger partial charge >= 0.3 is 0 Å². The Kier molecular flexibility index (Phi) is 7.24. The van der Waals surface area contributed by atoms with E-state index in [1.54, 1.807) is 11.9 Å². The van der Waals surface area contributed by atoms with Crippen molar-refractivity contribution >= 4 is 17.6 Å². The van der Waals surface area contributed by atoms with Gasteiger partial charge in [-0.2, -0.15) is 0 Å². The molecule has 0 spiro atoms. The Hall–Kier alpha value is -1.69. The summed E-state index contributed by atoms with van der Waals surface area (Å²) in [5, 5.41) is 9.92. The highest BCUT2D eigenvalue weighted by atomic mass is 32.2. The number of aliphatic hydroxyl groups is 1. The molecule has 4 rings (SSSR count). The number of anilines is 1. The third-order valence-corrected chi connectivity index (χ3v) is 7.13. The van der Waals surface area contributed by atoms with Crippen LogP contribution in [0.1, 0.15) is 43.4 Å². The summed E-state index contributed by atoms with van der Waals surface area (Å²) >= 11 is 1.76. The van der Waals surface area contributed by atoms with Crippen LogP contribution in [0.2, 0.25) is 0 Å². The van der Waals surface area contributed by atoms with E-state index in [-0.39, 0.29) is 6.61 Å². The van der Waals surface area contributed by atoms with E-state index < -0.39 is 0 Å². The second kappa shape index (κ2) is 10.1. The van der Waals surface area contributed by atoms with Gasteiger partial charge in [0, 0.05) is 30.2 Å². The molecular formula is C25H33NO3S. The lowest BCUT2D eigenvalue weighted by molar-refractivity contribution is 0.0494. The predicted molar refractivity (Wildman–Crippen MR) is 123 cm³/mol. The zero-order valence-electron chi connectivity index (χ0n) is 18.1. The summed E-state index contributed by atoms with van der Waals surface area (Å²) in [6.07, 6.45) is 4.31. The largest absolute Gasteiger partial charge is 0.493 e. The summed E-state index contributed by atoms with van der Waals surface area (Å²) in [5.41, 5.74) is 5.03. The van der Waals surface area contributed by atoms with Crippen LogP contribution in [0.25, 0.3) is 0 Å². The Morgan fingerprint density at radius 1 is 1.17 bits per heavy atom. The first-order valence-electron chi connectivity index (χ1n) is 11.2. The molecule has 1 saturated heterocycles. The number of benzene rings is 2. The van der Waals surface area contributed by atoms with Gasteiger partial charge in [-0.3, -0.25) is 0 Å². The smallest absolute Gasteiger partial charge is 0.124 e. The Balaban J connectivity index is 1.47. The molecule has 4 nitrogen and oxygen atoms in total. The van der Waals surface area contributed by atoms with Crippen LogP contribution < -0.4 is 9.04 Å². The first kappa shape index (κ1) is 21.5. The SMILES string of the molecule is CCc1ccc2c(c1)CC(C)CN2Sc1ccc(OCC2CCOCC2)c(CO)c1. The van der Waals surface area contributed by atoms with E-state index >= 15 is 0 Å². The fourth-order valence-corrected chi connectivity index (χ4v) is 5.48. The number of nitrogens with zero attached hydrogens (tertiary/aromatic N) is 1. The van der Waals surface area contributed by atoms with Crippen LogP contribution in [-0.2, 0) is 24.2 Å². The van der Waals surface area contributed by atoms with E-state index in [1.807, 2.05) is 6.07 Å². The van der Waals surface area contributed by atoms with Crippen molar-refractivity contribution in [3.63, 3.8) is 0 Å². The summed E-state index contributed by atoms with van der Waals surface area (Å²) in [6.45, 7) is 7.89. The van der Waals surface area contributed by atoms with Gasteiger partial charge in [-0.25, -0.2) is 0 Å². The van der Waals surface area contributed by atoms with Crippen molar-refractivity contribution in [1.82, 2.24) is 0 Å². The number of hydrogen-bond donors (Lipinski definition) is 1. The average Bonchev–Trinajstić information content (AvgIpc) is 2.78. The number of ether oxygens (including phenoxy) is 2. The highest BCUT2D eigenvalue weighted by Crippen LogP contribution is 2.39. The predicted octanol–water partition coefficient (Wildman–Crippen LogP) is 5.25. The Labute approximate surface area is 184 Å².